The van der Waals surface area contributed by atoms with E-state index in [9.17, 15) is 4.79 Å². The highest BCUT2D eigenvalue weighted by Gasteiger charge is 2.25. The molecule has 1 aliphatic heterocycles. The number of likely N-dealkylation sites (tertiary alicyclic amines) is 1. The standard InChI is InChI=1S/C30H38N6O3/c1-18(2)27-22-15-21(7-9-23(22)31-28(27)20-8-10-24(38-5)25(16-20)39-6)30-32-29(33-34-30)19-11-13-36(14-12-19)17-26(37)35(3)4/h7-10,15-16,18-19,31H,11-14,17H2,1-6H3,(H,32,33,34). The van der Waals surface area contributed by atoms with Gasteiger partial charge in [0.2, 0.25) is 5.91 Å². The van der Waals surface area contributed by atoms with Crippen LogP contribution in [0.15, 0.2) is 36.4 Å². The Balaban J connectivity index is 1.40. The summed E-state index contributed by atoms with van der Waals surface area (Å²) in [6.07, 6.45) is 1.91. The summed E-state index contributed by atoms with van der Waals surface area (Å²) in [5.41, 5.74) is 5.46. The van der Waals surface area contributed by atoms with Gasteiger partial charge in [-0.05, 0) is 73.8 Å². The second-order valence-electron chi connectivity index (χ2n) is 10.8. The van der Waals surface area contributed by atoms with Crippen molar-refractivity contribution in [2.75, 3.05) is 47.9 Å². The van der Waals surface area contributed by atoms with E-state index in [-0.39, 0.29) is 5.91 Å². The van der Waals surface area contributed by atoms with Crippen molar-refractivity contribution in [3.8, 4) is 34.1 Å². The average Bonchev–Trinajstić information content (AvgIpc) is 3.58. The number of benzene rings is 2. The summed E-state index contributed by atoms with van der Waals surface area (Å²) < 4.78 is 11.0. The lowest BCUT2D eigenvalue weighted by molar-refractivity contribution is -0.130. The molecule has 0 saturated carbocycles. The summed E-state index contributed by atoms with van der Waals surface area (Å²) in [5, 5.41) is 10.2. The summed E-state index contributed by atoms with van der Waals surface area (Å²) in [6.45, 7) is 6.66. The van der Waals surface area contributed by atoms with E-state index in [4.69, 9.17) is 9.47 Å². The van der Waals surface area contributed by atoms with E-state index >= 15 is 0 Å². The average molecular weight is 531 g/mol. The number of amides is 1. The van der Waals surface area contributed by atoms with E-state index in [0.717, 1.165) is 59.9 Å². The first kappa shape index (κ1) is 26.7. The molecule has 2 aromatic carbocycles. The molecule has 0 bridgehead atoms. The largest absolute Gasteiger partial charge is 0.493 e. The summed E-state index contributed by atoms with van der Waals surface area (Å²) in [7, 11) is 6.91. The number of likely N-dealkylation sites (N-methyl/N-ethyl adjacent to an activating group) is 1. The molecule has 206 valence electrons. The number of carbonyl (C=O) groups excluding carboxylic acids is 1. The predicted molar refractivity (Wildman–Crippen MR) is 153 cm³/mol. The Morgan fingerprint density at radius 2 is 1.72 bits per heavy atom. The van der Waals surface area contributed by atoms with Gasteiger partial charge in [-0.2, -0.15) is 0 Å². The van der Waals surface area contributed by atoms with E-state index in [0.29, 0.717) is 29.9 Å². The first-order valence-corrected chi connectivity index (χ1v) is 13.5. The van der Waals surface area contributed by atoms with Crippen molar-refractivity contribution in [3.05, 3.63) is 47.8 Å². The molecule has 39 heavy (non-hydrogen) atoms. The van der Waals surface area contributed by atoms with Gasteiger partial charge >= 0.3 is 0 Å². The third kappa shape index (κ3) is 5.36. The van der Waals surface area contributed by atoms with Gasteiger partial charge in [-0.3, -0.25) is 9.69 Å². The second-order valence-corrected chi connectivity index (χ2v) is 10.8. The van der Waals surface area contributed by atoms with Gasteiger partial charge in [-0.25, -0.2) is 0 Å². The second kappa shape index (κ2) is 11.1. The van der Waals surface area contributed by atoms with Gasteiger partial charge in [0.25, 0.3) is 0 Å². The Kier molecular flexibility index (Phi) is 7.61. The van der Waals surface area contributed by atoms with Gasteiger partial charge < -0.3 is 24.3 Å². The van der Waals surface area contributed by atoms with Crippen LogP contribution in [0, 0.1) is 0 Å². The highest BCUT2D eigenvalue weighted by molar-refractivity contribution is 5.94. The number of rotatable bonds is 8. The van der Waals surface area contributed by atoms with Crippen molar-refractivity contribution in [1.82, 2.24) is 30.0 Å². The van der Waals surface area contributed by atoms with Gasteiger partial charge in [-0.15, -0.1) is 10.2 Å². The number of hydrogen-bond acceptors (Lipinski definition) is 6. The van der Waals surface area contributed by atoms with Gasteiger partial charge in [0, 0.05) is 42.0 Å². The van der Waals surface area contributed by atoms with Crippen LogP contribution in [0.4, 0.5) is 0 Å². The Morgan fingerprint density at radius 3 is 2.38 bits per heavy atom. The van der Waals surface area contributed by atoms with Crippen molar-refractivity contribution >= 4 is 16.8 Å². The molecule has 1 fully saturated rings. The number of nitrogens with one attached hydrogen (secondary N) is 2. The van der Waals surface area contributed by atoms with Crippen molar-refractivity contribution < 1.29 is 14.3 Å². The molecular weight excluding hydrogens is 492 g/mol. The zero-order valence-corrected chi connectivity index (χ0v) is 23.7. The number of methoxy groups -OCH3 is 2. The zero-order chi connectivity index (χ0) is 27.7. The fraction of sp³-hybridized carbons (Fsp3) is 0.433. The number of ether oxygens (including phenoxy) is 2. The molecule has 0 spiro atoms. The van der Waals surface area contributed by atoms with Gasteiger partial charge in [-0.1, -0.05) is 13.8 Å². The molecule has 9 heteroatoms. The van der Waals surface area contributed by atoms with E-state index in [2.05, 4.69) is 63.2 Å². The van der Waals surface area contributed by atoms with Crippen LogP contribution in [0.25, 0.3) is 33.5 Å². The number of piperidine rings is 1. The van der Waals surface area contributed by atoms with Gasteiger partial charge in [0.1, 0.15) is 5.82 Å². The number of fused-ring (bicyclic) bond motifs is 1. The van der Waals surface area contributed by atoms with Crippen LogP contribution in [0.5, 0.6) is 11.5 Å². The molecule has 0 radical (unpaired) electrons. The number of hydrogen-bond donors (Lipinski definition) is 2. The maximum absolute atomic E-state index is 12.1. The highest BCUT2D eigenvalue weighted by Crippen LogP contribution is 2.40. The lowest BCUT2D eigenvalue weighted by atomic mass is 9.95. The van der Waals surface area contributed by atoms with Crippen molar-refractivity contribution in [2.24, 2.45) is 0 Å². The number of carbonyl (C=O) groups is 1. The molecule has 0 unspecified atom stereocenters. The molecule has 3 heterocycles. The van der Waals surface area contributed by atoms with Crippen LogP contribution in [-0.4, -0.2) is 83.8 Å². The third-order valence-corrected chi connectivity index (χ3v) is 7.70. The van der Waals surface area contributed by atoms with Crippen molar-refractivity contribution in [2.45, 2.75) is 38.5 Å². The van der Waals surface area contributed by atoms with Crippen LogP contribution < -0.4 is 9.47 Å². The molecule has 2 N–H and O–H groups in total. The Hall–Kier alpha value is -3.85. The Labute approximate surface area is 229 Å². The normalized spacial score (nSPS) is 14.7. The summed E-state index contributed by atoms with van der Waals surface area (Å²) in [4.78, 5) is 23.1. The van der Waals surface area contributed by atoms with E-state index in [1.165, 1.54) is 10.9 Å². The highest BCUT2D eigenvalue weighted by atomic mass is 16.5. The van der Waals surface area contributed by atoms with Gasteiger partial charge in [0.15, 0.2) is 17.3 Å². The number of H-pyrrole nitrogens is 2. The summed E-state index contributed by atoms with van der Waals surface area (Å²) in [5.74, 6) is 3.87. The van der Waals surface area contributed by atoms with Crippen LogP contribution in [0.1, 0.15) is 49.9 Å². The minimum atomic E-state index is 0.144. The topological polar surface area (TPSA) is 99.4 Å². The van der Waals surface area contributed by atoms with E-state index in [1.54, 1.807) is 33.2 Å². The Bertz CT molecular complexity index is 1460. The Morgan fingerprint density at radius 1 is 1.00 bits per heavy atom. The lowest BCUT2D eigenvalue weighted by Crippen LogP contribution is -2.40. The number of aromatic amines is 2. The SMILES string of the molecule is COc1ccc(-c2[nH]c3ccc(-c4nnc(C5CCN(CC(=O)N(C)C)CC5)[nH]4)cc3c2C(C)C)cc1OC. The molecule has 0 atom stereocenters. The summed E-state index contributed by atoms with van der Waals surface area (Å²) in [6, 6.07) is 12.4. The smallest absolute Gasteiger partial charge is 0.236 e. The quantitative estimate of drug-likeness (QED) is 0.332. The first-order valence-electron chi connectivity index (χ1n) is 13.5. The minimum absolute atomic E-state index is 0.144. The monoisotopic (exact) mass is 530 g/mol. The zero-order valence-electron chi connectivity index (χ0n) is 23.7. The molecule has 2 aromatic heterocycles. The molecule has 1 aliphatic rings. The molecular formula is C30H38N6O3. The number of aromatic nitrogens is 4. The van der Waals surface area contributed by atoms with Crippen LogP contribution in [0.2, 0.25) is 0 Å². The molecule has 5 rings (SSSR count). The minimum Gasteiger partial charge on any atom is -0.493 e. The van der Waals surface area contributed by atoms with Crippen LogP contribution in [-0.2, 0) is 4.79 Å². The lowest BCUT2D eigenvalue weighted by Gasteiger charge is -2.30. The van der Waals surface area contributed by atoms with Crippen molar-refractivity contribution in [3.63, 3.8) is 0 Å². The van der Waals surface area contributed by atoms with Crippen LogP contribution in [0.3, 0.4) is 0 Å². The fourth-order valence-electron chi connectivity index (χ4n) is 5.47. The maximum atomic E-state index is 12.1. The molecule has 1 amide bonds. The predicted octanol–water partition coefficient (Wildman–Crippen LogP) is 5.03. The van der Waals surface area contributed by atoms with E-state index in [1.807, 2.05) is 12.1 Å². The van der Waals surface area contributed by atoms with Crippen LogP contribution >= 0.6 is 0 Å². The van der Waals surface area contributed by atoms with Gasteiger partial charge in [0.05, 0.1) is 26.5 Å². The van der Waals surface area contributed by atoms with E-state index < -0.39 is 0 Å². The molecule has 1 saturated heterocycles. The molecule has 9 nitrogen and oxygen atoms in total. The third-order valence-electron chi connectivity index (χ3n) is 7.70. The maximum Gasteiger partial charge on any atom is 0.236 e. The molecule has 4 aromatic rings. The number of nitrogens with zero attached hydrogens (tertiary/aromatic N) is 4. The van der Waals surface area contributed by atoms with Crippen molar-refractivity contribution in [1.29, 1.82) is 0 Å². The molecule has 0 aliphatic carbocycles. The fourth-order valence-corrected chi connectivity index (χ4v) is 5.47. The first-order chi connectivity index (χ1) is 18.8. The summed E-state index contributed by atoms with van der Waals surface area (Å²) >= 11 is 0.